The Morgan fingerprint density at radius 1 is 1.56 bits per heavy atom. The second-order valence-corrected chi connectivity index (χ2v) is 2.59. The molecule has 54 valence electrons. The van der Waals surface area contributed by atoms with E-state index in [2.05, 4.69) is 36.7 Å². The lowest BCUT2D eigenvalue weighted by Crippen LogP contribution is -2.21. The Hall–Kier alpha value is 0.240. The third kappa shape index (κ3) is 3.76. The van der Waals surface area contributed by atoms with Crippen molar-refractivity contribution in [3.8, 4) is 0 Å². The van der Waals surface area contributed by atoms with Crippen LogP contribution in [0.3, 0.4) is 0 Å². The van der Waals surface area contributed by atoms with E-state index in [1.165, 1.54) is 0 Å². The van der Waals surface area contributed by atoms with Crippen molar-refractivity contribution in [1.29, 1.82) is 0 Å². The predicted octanol–water partition coefficient (Wildman–Crippen LogP) is 1.64. The first-order chi connectivity index (χ1) is 4.22. The van der Waals surface area contributed by atoms with Gasteiger partial charge in [-0.2, -0.15) is 25.3 Å². The van der Waals surface area contributed by atoms with E-state index in [0.29, 0.717) is 0 Å². The molecule has 0 amide bonds. The number of thiol groups is 2. The molecule has 0 aliphatic rings. The molecule has 0 bridgehead atoms. The molecule has 0 unspecified atom stereocenters. The summed E-state index contributed by atoms with van der Waals surface area (Å²) in [5, 5.41) is 0. The molecular weight excluding hydrogens is 150 g/mol. The second-order valence-electron chi connectivity index (χ2n) is 1.86. The van der Waals surface area contributed by atoms with Crippen LogP contribution >= 0.6 is 25.3 Å². The third-order valence-electron chi connectivity index (χ3n) is 1.08. The molecule has 0 radical (unpaired) electrons. The summed E-state index contributed by atoms with van der Waals surface area (Å²) in [6, 6.07) is 0. The van der Waals surface area contributed by atoms with Crippen molar-refractivity contribution in [3.63, 3.8) is 0 Å². The minimum atomic E-state index is 0.732. The molecule has 0 fully saturated rings. The van der Waals surface area contributed by atoms with Gasteiger partial charge in [-0.15, -0.1) is 0 Å². The Morgan fingerprint density at radius 2 is 2.11 bits per heavy atom. The molecule has 0 aromatic heterocycles. The van der Waals surface area contributed by atoms with Crippen LogP contribution in [0.4, 0.5) is 0 Å². The highest BCUT2D eigenvalue weighted by atomic mass is 32.1. The lowest BCUT2D eigenvalue weighted by molar-refractivity contribution is 0.434. The smallest absolute Gasteiger partial charge is 0.0607 e. The van der Waals surface area contributed by atoms with E-state index in [9.17, 15) is 0 Å². The monoisotopic (exact) mass is 163 g/mol. The maximum atomic E-state index is 4.12. The molecule has 0 heterocycles. The molecule has 1 nitrogen and oxygen atoms in total. The number of nitrogens with zero attached hydrogens (tertiary/aromatic N) is 1. The molecule has 9 heavy (non-hydrogen) atoms. The summed E-state index contributed by atoms with van der Waals surface area (Å²) in [6.07, 6.45) is 0. The van der Waals surface area contributed by atoms with Crippen LogP contribution in [0.5, 0.6) is 0 Å². The topological polar surface area (TPSA) is 3.24 Å². The summed E-state index contributed by atoms with van der Waals surface area (Å²) in [4.78, 5) is 2.07. The summed E-state index contributed by atoms with van der Waals surface area (Å²) >= 11 is 8.21. The predicted molar refractivity (Wildman–Crippen MR) is 49.2 cm³/mol. The lowest BCUT2D eigenvalue weighted by Gasteiger charge is -2.20. The first kappa shape index (κ1) is 9.24. The molecule has 0 N–H and O–H groups in total. The van der Waals surface area contributed by atoms with Gasteiger partial charge in [-0.3, -0.25) is 0 Å². The average molecular weight is 163 g/mol. The summed E-state index contributed by atoms with van der Waals surface area (Å²) in [5.74, 6) is 1.59. The van der Waals surface area contributed by atoms with Crippen molar-refractivity contribution in [2.24, 2.45) is 0 Å². The van der Waals surface area contributed by atoms with Gasteiger partial charge in [-0.05, 0) is 6.92 Å². The number of allylic oxidation sites excluding steroid dienone is 1. The fourth-order valence-corrected chi connectivity index (χ4v) is 1.13. The van der Waals surface area contributed by atoms with Gasteiger partial charge in [0.2, 0.25) is 0 Å². The average Bonchev–Trinajstić information content (AvgIpc) is 1.82. The SMILES string of the molecule is C=C(C)N(CS)CCS. The van der Waals surface area contributed by atoms with Gasteiger partial charge >= 0.3 is 0 Å². The first-order valence-electron chi connectivity index (χ1n) is 2.84. The van der Waals surface area contributed by atoms with Crippen LogP contribution in [-0.2, 0) is 0 Å². The highest BCUT2D eigenvalue weighted by Gasteiger charge is 1.96. The number of hydrogen-bond acceptors (Lipinski definition) is 3. The fraction of sp³-hybridized carbons (Fsp3) is 0.667. The Balaban J connectivity index is 3.54. The Bertz CT molecular complexity index is 93.1. The van der Waals surface area contributed by atoms with Crippen LogP contribution in [0.15, 0.2) is 12.3 Å². The van der Waals surface area contributed by atoms with Crippen molar-refractivity contribution in [1.82, 2.24) is 4.90 Å². The van der Waals surface area contributed by atoms with Crippen molar-refractivity contribution in [2.75, 3.05) is 18.2 Å². The molecule has 0 aliphatic heterocycles. The summed E-state index contributed by atoms with van der Waals surface area (Å²) in [7, 11) is 0. The highest BCUT2D eigenvalue weighted by molar-refractivity contribution is 7.80. The van der Waals surface area contributed by atoms with Gasteiger partial charge in [0.1, 0.15) is 0 Å². The molecule has 0 aromatic rings. The zero-order valence-electron chi connectivity index (χ0n) is 5.67. The standard InChI is InChI=1S/C6H13NS2/c1-6(2)7(5-9)3-4-8/h8-9H,1,3-5H2,2H3. The van der Waals surface area contributed by atoms with Gasteiger partial charge in [-0.25, -0.2) is 0 Å². The third-order valence-corrected chi connectivity index (χ3v) is 1.62. The van der Waals surface area contributed by atoms with Crippen LogP contribution in [-0.4, -0.2) is 23.1 Å². The van der Waals surface area contributed by atoms with Crippen LogP contribution < -0.4 is 0 Å². The van der Waals surface area contributed by atoms with E-state index in [1.807, 2.05) is 6.92 Å². The Morgan fingerprint density at radius 3 is 2.22 bits per heavy atom. The molecule has 0 aliphatic carbocycles. The van der Waals surface area contributed by atoms with Gasteiger partial charge in [0, 0.05) is 18.0 Å². The largest absolute Gasteiger partial charge is 0.366 e. The minimum Gasteiger partial charge on any atom is -0.366 e. The fourth-order valence-electron chi connectivity index (χ4n) is 0.503. The normalized spacial score (nSPS) is 9.22. The number of rotatable bonds is 4. The van der Waals surface area contributed by atoms with Crippen LogP contribution in [0.25, 0.3) is 0 Å². The Labute approximate surface area is 67.9 Å². The summed E-state index contributed by atoms with van der Waals surface area (Å²) in [5.41, 5.74) is 1.05. The van der Waals surface area contributed by atoms with Crippen molar-refractivity contribution in [2.45, 2.75) is 6.92 Å². The van der Waals surface area contributed by atoms with E-state index < -0.39 is 0 Å². The summed E-state index contributed by atoms with van der Waals surface area (Å²) < 4.78 is 0. The maximum Gasteiger partial charge on any atom is 0.0607 e. The highest BCUT2D eigenvalue weighted by Crippen LogP contribution is 2.00. The Kier molecular flexibility index (Phi) is 5.19. The number of hydrogen-bond donors (Lipinski definition) is 2. The molecular formula is C6H13NS2. The minimum absolute atomic E-state index is 0.732. The van der Waals surface area contributed by atoms with E-state index >= 15 is 0 Å². The first-order valence-corrected chi connectivity index (χ1v) is 4.11. The van der Waals surface area contributed by atoms with E-state index in [-0.39, 0.29) is 0 Å². The summed E-state index contributed by atoms with van der Waals surface area (Å²) in [6.45, 7) is 6.69. The second kappa shape index (κ2) is 5.06. The van der Waals surface area contributed by atoms with Gasteiger partial charge < -0.3 is 4.90 Å². The quantitative estimate of drug-likeness (QED) is 0.471. The lowest BCUT2D eigenvalue weighted by atomic mass is 10.5. The molecule has 3 heteroatoms. The van der Waals surface area contributed by atoms with Crippen molar-refractivity contribution in [3.05, 3.63) is 12.3 Å². The van der Waals surface area contributed by atoms with E-state index in [1.54, 1.807) is 0 Å². The van der Waals surface area contributed by atoms with Gasteiger partial charge in [0.25, 0.3) is 0 Å². The van der Waals surface area contributed by atoms with E-state index in [0.717, 1.165) is 23.9 Å². The zero-order chi connectivity index (χ0) is 7.28. The van der Waals surface area contributed by atoms with Crippen molar-refractivity contribution >= 4 is 25.3 Å². The molecule has 0 aromatic carbocycles. The molecule has 0 atom stereocenters. The van der Waals surface area contributed by atoms with E-state index in [4.69, 9.17) is 0 Å². The van der Waals surface area contributed by atoms with Crippen LogP contribution in [0, 0.1) is 0 Å². The van der Waals surface area contributed by atoms with Crippen molar-refractivity contribution < 1.29 is 0 Å². The zero-order valence-corrected chi connectivity index (χ0v) is 7.46. The van der Waals surface area contributed by atoms with Gasteiger partial charge in [0.05, 0.1) is 5.88 Å². The molecule has 0 saturated carbocycles. The van der Waals surface area contributed by atoms with Crippen LogP contribution in [0.2, 0.25) is 0 Å². The van der Waals surface area contributed by atoms with Crippen LogP contribution in [0.1, 0.15) is 6.92 Å². The van der Waals surface area contributed by atoms with Gasteiger partial charge in [-0.1, -0.05) is 6.58 Å². The molecule has 0 spiro atoms. The maximum absolute atomic E-state index is 4.12. The molecule has 0 rings (SSSR count). The molecule has 0 saturated heterocycles. The van der Waals surface area contributed by atoms with Gasteiger partial charge in [0.15, 0.2) is 0 Å².